The Hall–Kier alpha value is -0.820. The van der Waals surface area contributed by atoms with E-state index in [0.717, 1.165) is 18.9 Å². The molecule has 1 aromatic rings. The predicted molar refractivity (Wildman–Crippen MR) is 88.2 cm³/mol. The quantitative estimate of drug-likeness (QED) is 0.787. The Morgan fingerprint density at radius 2 is 1.60 bits per heavy atom. The van der Waals surface area contributed by atoms with E-state index in [1.165, 1.54) is 18.4 Å². The second kappa shape index (κ2) is 6.30. The molecule has 0 aliphatic heterocycles. The largest absolute Gasteiger partial charge is 0.313 e. The molecule has 1 aromatic carbocycles. The van der Waals surface area contributed by atoms with E-state index in [2.05, 4.69) is 64.2 Å². The summed E-state index contributed by atoms with van der Waals surface area (Å²) in [6, 6.07) is 10.1. The van der Waals surface area contributed by atoms with Gasteiger partial charge in [-0.1, -0.05) is 58.9 Å². The van der Waals surface area contributed by atoms with Crippen LogP contribution < -0.4 is 5.32 Å². The highest BCUT2D eigenvalue weighted by atomic mass is 15.0. The molecule has 3 unspecified atom stereocenters. The van der Waals surface area contributed by atoms with Crippen molar-refractivity contribution in [1.82, 2.24) is 5.32 Å². The predicted octanol–water partition coefficient (Wildman–Crippen LogP) is 4.77. The molecule has 1 heteroatoms. The summed E-state index contributed by atoms with van der Waals surface area (Å²) in [5, 5.41) is 3.75. The second-order valence-electron chi connectivity index (χ2n) is 6.41. The zero-order valence-corrected chi connectivity index (χ0v) is 13.9. The minimum atomic E-state index is 0.448. The van der Waals surface area contributed by atoms with Gasteiger partial charge >= 0.3 is 0 Å². The van der Waals surface area contributed by atoms with Crippen LogP contribution in [0.5, 0.6) is 0 Å². The Kier molecular flexibility index (Phi) is 4.90. The van der Waals surface area contributed by atoms with E-state index in [9.17, 15) is 0 Å². The molecule has 20 heavy (non-hydrogen) atoms. The number of rotatable bonds is 6. The molecule has 1 nitrogen and oxygen atoms in total. The summed E-state index contributed by atoms with van der Waals surface area (Å²) >= 11 is 0. The fourth-order valence-electron chi connectivity index (χ4n) is 4.65. The summed E-state index contributed by atoms with van der Waals surface area (Å²) in [5.41, 5.74) is 3.44. The normalized spacial score (nSPS) is 28.1. The van der Waals surface area contributed by atoms with Crippen molar-refractivity contribution >= 4 is 0 Å². The molecule has 0 amide bonds. The maximum absolute atomic E-state index is 3.75. The molecular formula is C19H31N. The van der Waals surface area contributed by atoms with Crippen molar-refractivity contribution in [2.45, 2.75) is 65.8 Å². The van der Waals surface area contributed by atoms with Gasteiger partial charge < -0.3 is 5.32 Å². The molecule has 2 rings (SSSR count). The first-order valence-electron chi connectivity index (χ1n) is 8.46. The van der Waals surface area contributed by atoms with E-state index < -0.39 is 0 Å². The number of hydrogen-bond acceptors (Lipinski definition) is 1. The van der Waals surface area contributed by atoms with Gasteiger partial charge in [-0.15, -0.1) is 0 Å². The Balaban J connectivity index is 2.29. The van der Waals surface area contributed by atoms with Crippen LogP contribution in [-0.2, 0) is 6.42 Å². The van der Waals surface area contributed by atoms with Crippen LogP contribution in [0.25, 0.3) is 0 Å². The Morgan fingerprint density at radius 3 is 2.05 bits per heavy atom. The van der Waals surface area contributed by atoms with Crippen LogP contribution in [0.2, 0.25) is 0 Å². The monoisotopic (exact) mass is 273 g/mol. The highest BCUT2D eigenvalue weighted by Gasteiger charge is 2.57. The number of aryl methyl sites for hydroxylation is 1. The second-order valence-corrected chi connectivity index (χ2v) is 6.41. The molecule has 1 saturated carbocycles. The van der Waals surface area contributed by atoms with Gasteiger partial charge in [0, 0.05) is 6.04 Å². The maximum Gasteiger partial charge on any atom is 0.0161 e. The average Bonchev–Trinajstić information content (AvgIpc) is 2.50. The van der Waals surface area contributed by atoms with Gasteiger partial charge in [-0.25, -0.2) is 0 Å². The minimum Gasteiger partial charge on any atom is -0.313 e. The van der Waals surface area contributed by atoms with Gasteiger partial charge in [0.1, 0.15) is 0 Å². The van der Waals surface area contributed by atoms with Gasteiger partial charge in [-0.05, 0) is 54.2 Å². The lowest BCUT2D eigenvalue weighted by atomic mass is 9.46. The SMILES string of the molecule is CCNC1C(C)C(c2ccc(CC)cc2)C1(CC)CC. The van der Waals surface area contributed by atoms with Crippen LogP contribution in [0.3, 0.4) is 0 Å². The third-order valence-corrected chi connectivity index (χ3v) is 5.78. The minimum absolute atomic E-state index is 0.448. The van der Waals surface area contributed by atoms with E-state index in [-0.39, 0.29) is 0 Å². The molecule has 0 spiro atoms. The smallest absolute Gasteiger partial charge is 0.0161 e. The van der Waals surface area contributed by atoms with Crippen LogP contribution in [-0.4, -0.2) is 12.6 Å². The summed E-state index contributed by atoms with van der Waals surface area (Å²) in [6.07, 6.45) is 3.67. The van der Waals surface area contributed by atoms with Crippen LogP contribution in [0, 0.1) is 11.3 Å². The molecule has 0 radical (unpaired) electrons. The third-order valence-electron chi connectivity index (χ3n) is 5.78. The lowest BCUT2D eigenvalue weighted by Crippen LogP contribution is -2.63. The molecule has 0 aromatic heterocycles. The molecule has 1 N–H and O–H groups in total. The maximum atomic E-state index is 3.75. The van der Waals surface area contributed by atoms with Gasteiger partial charge in [-0.3, -0.25) is 0 Å². The van der Waals surface area contributed by atoms with Crippen LogP contribution in [0.15, 0.2) is 24.3 Å². The number of nitrogens with one attached hydrogen (secondary N) is 1. The van der Waals surface area contributed by atoms with Crippen molar-refractivity contribution in [2.75, 3.05) is 6.54 Å². The summed E-state index contributed by atoms with van der Waals surface area (Å²) in [5.74, 6) is 1.45. The highest BCUT2D eigenvalue weighted by Crippen LogP contribution is 2.60. The van der Waals surface area contributed by atoms with Crippen LogP contribution in [0.1, 0.15) is 64.5 Å². The van der Waals surface area contributed by atoms with Crippen molar-refractivity contribution in [2.24, 2.45) is 11.3 Å². The Bertz CT molecular complexity index is 416. The summed E-state index contributed by atoms with van der Waals surface area (Å²) in [4.78, 5) is 0. The topological polar surface area (TPSA) is 12.0 Å². The van der Waals surface area contributed by atoms with Gasteiger partial charge in [0.25, 0.3) is 0 Å². The van der Waals surface area contributed by atoms with E-state index in [4.69, 9.17) is 0 Å². The molecule has 3 atom stereocenters. The first kappa shape index (κ1) is 15.6. The molecule has 1 aliphatic rings. The number of hydrogen-bond donors (Lipinski definition) is 1. The Morgan fingerprint density at radius 1 is 1.00 bits per heavy atom. The molecule has 0 saturated heterocycles. The van der Waals surface area contributed by atoms with Crippen molar-refractivity contribution < 1.29 is 0 Å². The van der Waals surface area contributed by atoms with Gasteiger partial charge in [0.15, 0.2) is 0 Å². The summed E-state index contributed by atoms with van der Waals surface area (Å²) < 4.78 is 0. The van der Waals surface area contributed by atoms with E-state index in [1.807, 2.05) is 0 Å². The molecular weight excluding hydrogens is 242 g/mol. The highest BCUT2D eigenvalue weighted by molar-refractivity contribution is 5.33. The van der Waals surface area contributed by atoms with Crippen molar-refractivity contribution in [3.8, 4) is 0 Å². The van der Waals surface area contributed by atoms with Crippen molar-refractivity contribution in [3.05, 3.63) is 35.4 Å². The van der Waals surface area contributed by atoms with Crippen LogP contribution in [0.4, 0.5) is 0 Å². The molecule has 1 fully saturated rings. The number of benzene rings is 1. The van der Waals surface area contributed by atoms with Gasteiger partial charge in [-0.2, -0.15) is 0 Å². The molecule has 0 heterocycles. The zero-order chi connectivity index (χ0) is 14.8. The van der Waals surface area contributed by atoms with Gasteiger partial charge in [0.05, 0.1) is 0 Å². The Labute approximate surface area is 125 Å². The van der Waals surface area contributed by atoms with E-state index >= 15 is 0 Å². The van der Waals surface area contributed by atoms with Gasteiger partial charge in [0.2, 0.25) is 0 Å². The summed E-state index contributed by atoms with van der Waals surface area (Å²) in [6.45, 7) is 12.7. The zero-order valence-electron chi connectivity index (χ0n) is 13.9. The van der Waals surface area contributed by atoms with Crippen LogP contribution >= 0.6 is 0 Å². The van der Waals surface area contributed by atoms with Crippen molar-refractivity contribution in [3.63, 3.8) is 0 Å². The molecule has 1 aliphatic carbocycles. The molecule has 0 bridgehead atoms. The first-order chi connectivity index (χ1) is 9.64. The third kappa shape index (κ3) is 2.30. The average molecular weight is 273 g/mol. The fourth-order valence-corrected chi connectivity index (χ4v) is 4.65. The van der Waals surface area contributed by atoms with E-state index in [1.54, 1.807) is 5.56 Å². The standard InChI is InChI=1S/C19H31N/c1-6-15-10-12-16(13-11-15)17-14(5)18(20-9-4)19(17,7-2)8-3/h10-14,17-18,20H,6-9H2,1-5H3. The lowest BCUT2D eigenvalue weighted by molar-refractivity contribution is -0.0386. The first-order valence-corrected chi connectivity index (χ1v) is 8.46. The van der Waals surface area contributed by atoms with Crippen molar-refractivity contribution in [1.29, 1.82) is 0 Å². The van der Waals surface area contributed by atoms with E-state index in [0.29, 0.717) is 17.4 Å². The summed E-state index contributed by atoms with van der Waals surface area (Å²) in [7, 11) is 0. The lowest BCUT2D eigenvalue weighted by Gasteiger charge is -2.61. The molecule has 112 valence electrons. The fraction of sp³-hybridized carbons (Fsp3) is 0.684.